The van der Waals surface area contributed by atoms with Gasteiger partial charge in [-0.2, -0.15) is 13.2 Å². The molecule has 0 radical (unpaired) electrons. The van der Waals surface area contributed by atoms with Crippen LogP contribution in [0.15, 0.2) is 0 Å². The normalized spacial score (nSPS) is 20.5. The van der Waals surface area contributed by atoms with Crippen LogP contribution in [0.25, 0.3) is 0 Å². The van der Waals surface area contributed by atoms with Gasteiger partial charge in [0.25, 0.3) is 0 Å². The maximum absolute atomic E-state index is 12.4. The Morgan fingerprint density at radius 3 is 2.40 bits per heavy atom. The van der Waals surface area contributed by atoms with Crippen molar-refractivity contribution in [2.45, 2.75) is 38.7 Å². The maximum Gasteiger partial charge on any atom is 0.471 e. The van der Waals surface area contributed by atoms with E-state index in [1.54, 1.807) is 20.8 Å². The molecule has 2 amide bonds. The third kappa shape index (κ3) is 4.87. The van der Waals surface area contributed by atoms with Gasteiger partial charge < -0.3 is 15.4 Å². The van der Waals surface area contributed by atoms with Crippen LogP contribution in [0.4, 0.5) is 18.0 Å². The first-order chi connectivity index (χ1) is 9.00. The van der Waals surface area contributed by atoms with E-state index >= 15 is 0 Å². The van der Waals surface area contributed by atoms with E-state index in [-0.39, 0.29) is 19.6 Å². The fraction of sp³-hybridized carbons (Fsp3) is 0.818. The van der Waals surface area contributed by atoms with Crippen LogP contribution in [0, 0.1) is 0 Å². The summed E-state index contributed by atoms with van der Waals surface area (Å²) in [6.07, 6.45) is -7.13. The van der Waals surface area contributed by atoms with Crippen molar-refractivity contribution >= 4 is 12.0 Å². The predicted molar refractivity (Wildman–Crippen MR) is 63.8 cm³/mol. The average Bonchev–Trinajstić information content (AvgIpc) is 2.24. The minimum Gasteiger partial charge on any atom is -0.424 e. The zero-order chi connectivity index (χ0) is 15.6. The highest BCUT2D eigenvalue weighted by atomic mass is 19.4. The molecule has 0 aromatic rings. The van der Waals surface area contributed by atoms with E-state index in [2.05, 4.69) is 10.6 Å². The van der Waals surface area contributed by atoms with Crippen LogP contribution in [-0.4, -0.2) is 54.5 Å². The Morgan fingerprint density at radius 1 is 1.30 bits per heavy atom. The molecule has 0 aliphatic carbocycles. The molecule has 0 bridgehead atoms. The lowest BCUT2D eigenvalue weighted by atomic mass is 10.1. The number of hydrogen-bond donors (Lipinski definition) is 2. The number of hydrogen-bond acceptors (Lipinski definition) is 4. The Kier molecular flexibility index (Phi) is 4.85. The van der Waals surface area contributed by atoms with Crippen LogP contribution < -0.4 is 10.6 Å². The highest BCUT2D eigenvalue weighted by Gasteiger charge is 2.46. The number of nitrogens with zero attached hydrogens (tertiary/aromatic N) is 1. The fourth-order valence-electron chi connectivity index (χ4n) is 1.64. The molecule has 1 atom stereocenters. The van der Waals surface area contributed by atoms with Gasteiger partial charge in [-0.25, -0.2) is 4.79 Å². The topological polar surface area (TPSA) is 70.7 Å². The monoisotopic (exact) mass is 297 g/mol. The van der Waals surface area contributed by atoms with Crippen molar-refractivity contribution in [3.8, 4) is 0 Å². The predicted octanol–water partition coefficient (Wildman–Crippen LogP) is 0.831. The molecule has 116 valence electrons. The number of alkyl halides is 3. The van der Waals surface area contributed by atoms with Gasteiger partial charge in [-0.15, -0.1) is 0 Å². The largest absolute Gasteiger partial charge is 0.471 e. The minimum atomic E-state index is -4.99. The molecule has 1 heterocycles. The summed E-state index contributed by atoms with van der Waals surface area (Å²) in [5.41, 5.74) is -0.585. The number of amides is 2. The Morgan fingerprint density at radius 2 is 1.90 bits per heavy atom. The molecular weight excluding hydrogens is 279 g/mol. The Hall–Kier alpha value is -1.51. The van der Waals surface area contributed by atoms with E-state index in [0.29, 0.717) is 4.90 Å². The van der Waals surface area contributed by atoms with Crippen LogP contribution in [0.5, 0.6) is 0 Å². The van der Waals surface area contributed by atoms with Crippen molar-refractivity contribution in [2.75, 3.05) is 19.6 Å². The average molecular weight is 297 g/mol. The van der Waals surface area contributed by atoms with Crippen LogP contribution in [-0.2, 0) is 9.53 Å². The van der Waals surface area contributed by atoms with Gasteiger partial charge in [0.15, 0.2) is 6.23 Å². The van der Waals surface area contributed by atoms with Gasteiger partial charge in [-0.05, 0) is 20.8 Å². The number of ether oxygens (including phenoxy) is 1. The number of halogens is 3. The molecule has 20 heavy (non-hydrogen) atoms. The number of rotatable bonds is 1. The molecule has 0 spiro atoms. The molecular formula is C11H18F3N3O3. The van der Waals surface area contributed by atoms with Crippen LogP contribution in [0.3, 0.4) is 0 Å². The van der Waals surface area contributed by atoms with Crippen molar-refractivity contribution < 1.29 is 27.5 Å². The van der Waals surface area contributed by atoms with Crippen LogP contribution in [0.1, 0.15) is 20.8 Å². The Bertz CT molecular complexity index is 379. The lowest BCUT2D eigenvalue weighted by Crippen LogP contribution is -2.59. The quantitative estimate of drug-likeness (QED) is 0.752. The van der Waals surface area contributed by atoms with E-state index in [9.17, 15) is 22.8 Å². The molecule has 1 aliphatic rings. The van der Waals surface area contributed by atoms with Crippen molar-refractivity contribution in [3.05, 3.63) is 0 Å². The van der Waals surface area contributed by atoms with Gasteiger partial charge in [0.2, 0.25) is 0 Å². The van der Waals surface area contributed by atoms with E-state index in [1.165, 1.54) is 0 Å². The molecule has 9 heteroatoms. The second-order valence-electron chi connectivity index (χ2n) is 5.44. The molecule has 1 aliphatic heterocycles. The Balaban J connectivity index is 2.70. The van der Waals surface area contributed by atoms with E-state index in [1.807, 2.05) is 0 Å². The summed E-state index contributed by atoms with van der Waals surface area (Å²) in [7, 11) is 0. The molecule has 1 saturated heterocycles. The second kappa shape index (κ2) is 5.86. The minimum absolute atomic E-state index is 0.0423. The molecule has 0 aromatic heterocycles. The van der Waals surface area contributed by atoms with E-state index in [4.69, 9.17) is 4.74 Å². The number of piperazine rings is 1. The smallest absolute Gasteiger partial charge is 0.424 e. The molecule has 1 rings (SSSR count). The van der Waals surface area contributed by atoms with Gasteiger partial charge in [0.1, 0.15) is 0 Å². The maximum atomic E-state index is 12.4. The summed E-state index contributed by atoms with van der Waals surface area (Å²) in [4.78, 5) is 23.3. The van der Waals surface area contributed by atoms with Crippen LogP contribution in [0.2, 0.25) is 0 Å². The number of alkyl carbamates (subject to hydrolysis) is 1. The molecule has 1 fully saturated rings. The first-order valence-electron chi connectivity index (χ1n) is 6.08. The zero-order valence-corrected chi connectivity index (χ0v) is 11.5. The lowest BCUT2D eigenvalue weighted by molar-refractivity contribution is -0.195. The third-order valence-corrected chi connectivity index (χ3v) is 2.42. The van der Waals surface area contributed by atoms with Crippen molar-refractivity contribution in [1.82, 2.24) is 15.5 Å². The number of nitrogens with one attached hydrogen (secondary N) is 2. The van der Waals surface area contributed by atoms with Crippen LogP contribution >= 0.6 is 0 Å². The van der Waals surface area contributed by atoms with Gasteiger partial charge in [-0.1, -0.05) is 0 Å². The van der Waals surface area contributed by atoms with Gasteiger partial charge in [0, 0.05) is 18.6 Å². The number of carbonyl (C=O) groups excluding carboxylic acids is 2. The molecule has 0 aromatic carbocycles. The summed E-state index contributed by atoms with van der Waals surface area (Å²) in [5.74, 6) is -2.01. The first-order valence-corrected chi connectivity index (χ1v) is 6.08. The molecule has 6 nitrogen and oxygen atoms in total. The Labute approximate surface area is 114 Å². The zero-order valence-electron chi connectivity index (χ0n) is 11.5. The van der Waals surface area contributed by atoms with Crippen molar-refractivity contribution in [1.29, 1.82) is 0 Å². The molecule has 0 unspecified atom stereocenters. The second-order valence-corrected chi connectivity index (χ2v) is 5.44. The summed E-state index contributed by atoms with van der Waals surface area (Å²) < 4.78 is 42.2. The standard InChI is InChI=1S/C11H18F3N3O3/c1-10(2,3)16-9(19)20-7-6-15-4-5-17(7)8(18)11(12,13)14/h7,15H,4-6H2,1-3H3,(H,16,19)/t7-/m0/s1. The van der Waals surface area contributed by atoms with Gasteiger partial charge in [-0.3, -0.25) is 9.69 Å². The number of carbonyl (C=O) groups is 2. The summed E-state index contributed by atoms with van der Waals surface area (Å²) in [6, 6.07) is 0. The van der Waals surface area contributed by atoms with Gasteiger partial charge >= 0.3 is 18.2 Å². The highest BCUT2D eigenvalue weighted by molar-refractivity contribution is 5.82. The summed E-state index contributed by atoms with van der Waals surface area (Å²) in [6.45, 7) is 5.10. The fourth-order valence-corrected chi connectivity index (χ4v) is 1.64. The molecule has 0 saturated carbocycles. The third-order valence-electron chi connectivity index (χ3n) is 2.42. The van der Waals surface area contributed by atoms with Crippen molar-refractivity contribution in [3.63, 3.8) is 0 Å². The highest BCUT2D eigenvalue weighted by Crippen LogP contribution is 2.21. The van der Waals surface area contributed by atoms with Crippen molar-refractivity contribution in [2.24, 2.45) is 0 Å². The summed E-state index contributed by atoms with van der Waals surface area (Å²) >= 11 is 0. The SMILES string of the molecule is CC(C)(C)NC(=O)O[C@H]1CNCCN1C(=O)C(F)(F)F. The lowest BCUT2D eigenvalue weighted by Gasteiger charge is -2.36. The molecule has 2 N–H and O–H groups in total. The summed E-state index contributed by atoms with van der Waals surface area (Å²) in [5, 5.41) is 5.23. The van der Waals surface area contributed by atoms with Gasteiger partial charge in [0.05, 0.1) is 6.54 Å². The van der Waals surface area contributed by atoms with E-state index in [0.717, 1.165) is 0 Å². The first kappa shape index (κ1) is 16.5. The van der Waals surface area contributed by atoms with E-state index < -0.39 is 29.9 Å².